The van der Waals surface area contributed by atoms with Crippen LogP contribution in [-0.4, -0.2) is 42.2 Å². The molecule has 0 bridgehead atoms. The molecule has 1 amide bonds. The fourth-order valence-electron chi connectivity index (χ4n) is 1.23. The molecule has 1 heterocycles. The van der Waals surface area contributed by atoms with Crippen molar-refractivity contribution in [2.24, 2.45) is 5.73 Å². The van der Waals surface area contributed by atoms with Gasteiger partial charge in [-0.25, -0.2) is 9.37 Å². The van der Waals surface area contributed by atoms with Gasteiger partial charge in [0.15, 0.2) is 11.6 Å². The molecule has 0 aliphatic heterocycles. The van der Waals surface area contributed by atoms with Crippen LogP contribution in [0.15, 0.2) is 6.20 Å². The van der Waals surface area contributed by atoms with Crippen molar-refractivity contribution in [2.75, 3.05) is 36.9 Å². The van der Waals surface area contributed by atoms with Crippen molar-refractivity contribution >= 4 is 17.7 Å². The Morgan fingerprint density at radius 1 is 1.47 bits per heavy atom. The van der Waals surface area contributed by atoms with Gasteiger partial charge in [-0.3, -0.25) is 4.79 Å². The van der Waals surface area contributed by atoms with E-state index in [9.17, 15) is 9.18 Å². The fraction of sp³-hybridized carbons (Fsp3) is 0.545. The van der Waals surface area contributed by atoms with Crippen LogP contribution in [0, 0.1) is 5.82 Å². The first-order valence-corrected chi connectivity index (χ1v) is 5.99. The molecule has 0 saturated heterocycles. The van der Waals surface area contributed by atoms with E-state index in [0.29, 0.717) is 19.0 Å². The van der Waals surface area contributed by atoms with Crippen molar-refractivity contribution in [3.63, 3.8) is 0 Å². The van der Waals surface area contributed by atoms with Gasteiger partial charge in [0.1, 0.15) is 6.61 Å². The molecule has 8 heteroatoms. The van der Waals surface area contributed by atoms with E-state index < -0.39 is 11.7 Å². The van der Waals surface area contributed by atoms with Gasteiger partial charge in [-0.15, -0.1) is 0 Å². The molecule has 0 radical (unpaired) electrons. The number of halogens is 1. The lowest BCUT2D eigenvalue weighted by atomic mass is 10.5. The molecule has 7 nitrogen and oxygen atoms in total. The Bertz CT molecular complexity index is 416. The predicted molar refractivity (Wildman–Crippen MR) is 69.3 cm³/mol. The molecule has 1 aromatic heterocycles. The molecular weight excluding hydrogens is 253 g/mol. The summed E-state index contributed by atoms with van der Waals surface area (Å²) in [6.45, 7) is 3.11. The van der Waals surface area contributed by atoms with Crippen molar-refractivity contribution in [3.05, 3.63) is 12.0 Å². The van der Waals surface area contributed by atoms with E-state index in [2.05, 4.69) is 20.6 Å². The van der Waals surface area contributed by atoms with Crippen LogP contribution in [0.4, 0.5) is 16.2 Å². The second-order valence-electron chi connectivity index (χ2n) is 3.76. The summed E-state index contributed by atoms with van der Waals surface area (Å²) in [5.41, 5.74) is 4.90. The first kappa shape index (κ1) is 15.1. The fourth-order valence-corrected chi connectivity index (χ4v) is 1.23. The molecule has 1 aromatic rings. The van der Waals surface area contributed by atoms with E-state index in [1.165, 1.54) is 0 Å². The molecule has 0 fully saturated rings. The third kappa shape index (κ3) is 5.96. The minimum Gasteiger partial charge on any atom is -0.370 e. The van der Waals surface area contributed by atoms with Crippen LogP contribution in [-0.2, 0) is 9.53 Å². The summed E-state index contributed by atoms with van der Waals surface area (Å²) in [5, 5.41) is 5.72. The van der Waals surface area contributed by atoms with E-state index >= 15 is 0 Å². The van der Waals surface area contributed by atoms with Crippen molar-refractivity contribution < 1.29 is 13.9 Å². The number of rotatable bonds is 9. The Morgan fingerprint density at radius 2 is 2.26 bits per heavy atom. The normalized spacial score (nSPS) is 10.2. The van der Waals surface area contributed by atoms with Gasteiger partial charge in [-0.2, -0.15) is 4.98 Å². The maximum Gasteiger partial charge on any atom is 0.243 e. The first-order valence-electron chi connectivity index (χ1n) is 5.99. The highest BCUT2D eigenvalue weighted by Gasteiger charge is 2.06. The third-order valence-electron chi connectivity index (χ3n) is 2.06. The van der Waals surface area contributed by atoms with Gasteiger partial charge < -0.3 is 21.1 Å². The predicted octanol–water partition coefficient (Wildman–Crippen LogP) is 0.351. The number of nitrogens with two attached hydrogens (primary N) is 1. The van der Waals surface area contributed by atoms with Crippen LogP contribution in [0.25, 0.3) is 0 Å². The number of nitrogens with zero attached hydrogens (tertiary/aromatic N) is 2. The monoisotopic (exact) mass is 271 g/mol. The maximum atomic E-state index is 13.4. The minimum absolute atomic E-state index is 0.0938. The highest BCUT2D eigenvalue weighted by atomic mass is 19.1. The number of hydrogen-bond acceptors (Lipinski definition) is 6. The van der Waals surface area contributed by atoms with Crippen LogP contribution in [0.2, 0.25) is 0 Å². The van der Waals surface area contributed by atoms with E-state index in [1.807, 2.05) is 6.92 Å². The molecule has 0 aromatic carbocycles. The largest absolute Gasteiger partial charge is 0.370 e. The summed E-state index contributed by atoms with van der Waals surface area (Å²) < 4.78 is 18.3. The van der Waals surface area contributed by atoms with Gasteiger partial charge in [-0.1, -0.05) is 6.92 Å². The Morgan fingerprint density at radius 3 is 2.95 bits per heavy atom. The first-order chi connectivity index (χ1) is 9.13. The Hall–Kier alpha value is -1.96. The molecule has 0 spiro atoms. The highest BCUT2D eigenvalue weighted by Crippen LogP contribution is 2.11. The van der Waals surface area contributed by atoms with Gasteiger partial charge >= 0.3 is 0 Å². The summed E-state index contributed by atoms with van der Waals surface area (Å²) in [4.78, 5) is 18.2. The zero-order valence-electron chi connectivity index (χ0n) is 10.8. The summed E-state index contributed by atoms with van der Waals surface area (Å²) in [6, 6.07) is 0. The van der Waals surface area contributed by atoms with E-state index in [-0.39, 0.29) is 19.0 Å². The number of carbonyl (C=O) groups excluding carboxylic acids is 1. The van der Waals surface area contributed by atoms with Gasteiger partial charge in [0, 0.05) is 13.1 Å². The van der Waals surface area contributed by atoms with Crippen molar-refractivity contribution in [3.8, 4) is 0 Å². The topological polar surface area (TPSA) is 102 Å². The average molecular weight is 271 g/mol. The molecule has 1 rings (SSSR count). The van der Waals surface area contributed by atoms with E-state index in [1.54, 1.807) is 0 Å². The second kappa shape index (κ2) is 8.20. The molecule has 0 aliphatic rings. The number of anilines is 2. The number of hydrogen-bond donors (Lipinski definition) is 3. The van der Waals surface area contributed by atoms with Gasteiger partial charge in [-0.05, 0) is 6.42 Å². The number of nitrogens with one attached hydrogen (secondary N) is 2. The standard InChI is InChI=1S/C11H18FN5O2/c1-2-3-15-11-16-6-8(12)10(17-11)14-4-5-19-7-9(13)18/h6H,2-5,7H2,1H3,(H2,13,18)(H2,14,15,16,17). The van der Waals surface area contributed by atoms with Crippen LogP contribution in [0.3, 0.4) is 0 Å². The molecular formula is C11H18FN5O2. The number of aromatic nitrogens is 2. The van der Waals surface area contributed by atoms with Crippen LogP contribution >= 0.6 is 0 Å². The Kier molecular flexibility index (Phi) is 6.51. The summed E-state index contributed by atoms with van der Waals surface area (Å²) in [6.07, 6.45) is 2.02. The summed E-state index contributed by atoms with van der Waals surface area (Å²) >= 11 is 0. The average Bonchev–Trinajstić information content (AvgIpc) is 2.38. The second-order valence-corrected chi connectivity index (χ2v) is 3.76. The number of ether oxygens (including phenoxy) is 1. The maximum absolute atomic E-state index is 13.4. The van der Waals surface area contributed by atoms with E-state index in [0.717, 1.165) is 12.6 Å². The summed E-state index contributed by atoms with van der Waals surface area (Å²) in [7, 11) is 0. The van der Waals surface area contributed by atoms with Crippen LogP contribution in [0.1, 0.15) is 13.3 Å². The highest BCUT2D eigenvalue weighted by molar-refractivity contribution is 5.74. The molecule has 19 heavy (non-hydrogen) atoms. The zero-order chi connectivity index (χ0) is 14.1. The molecule has 4 N–H and O–H groups in total. The lowest BCUT2D eigenvalue weighted by Crippen LogP contribution is -2.21. The van der Waals surface area contributed by atoms with E-state index in [4.69, 9.17) is 10.5 Å². The van der Waals surface area contributed by atoms with Crippen molar-refractivity contribution in [1.82, 2.24) is 9.97 Å². The lowest BCUT2D eigenvalue weighted by molar-refractivity contribution is -0.122. The number of amides is 1. The van der Waals surface area contributed by atoms with Crippen molar-refractivity contribution in [1.29, 1.82) is 0 Å². The minimum atomic E-state index is -0.544. The smallest absolute Gasteiger partial charge is 0.243 e. The summed E-state index contributed by atoms with van der Waals surface area (Å²) in [5.74, 6) is -0.628. The van der Waals surface area contributed by atoms with Crippen molar-refractivity contribution in [2.45, 2.75) is 13.3 Å². The molecule has 0 aliphatic carbocycles. The Balaban J connectivity index is 2.41. The molecule has 0 atom stereocenters. The lowest BCUT2D eigenvalue weighted by Gasteiger charge is -2.08. The van der Waals surface area contributed by atoms with Crippen LogP contribution < -0.4 is 16.4 Å². The SMILES string of the molecule is CCCNc1ncc(F)c(NCCOCC(N)=O)n1. The molecule has 0 saturated carbocycles. The van der Waals surface area contributed by atoms with Gasteiger partial charge in [0.25, 0.3) is 0 Å². The molecule has 106 valence electrons. The number of carbonyl (C=O) groups is 1. The van der Waals surface area contributed by atoms with Gasteiger partial charge in [0.2, 0.25) is 11.9 Å². The Labute approximate surface area is 110 Å². The molecule has 0 unspecified atom stereocenters. The third-order valence-corrected chi connectivity index (χ3v) is 2.06. The number of primary amides is 1. The quantitative estimate of drug-likeness (QED) is 0.560. The van der Waals surface area contributed by atoms with Gasteiger partial charge in [0.05, 0.1) is 12.8 Å². The zero-order valence-corrected chi connectivity index (χ0v) is 10.8. The van der Waals surface area contributed by atoms with Crippen LogP contribution in [0.5, 0.6) is 0 Å².